The average molecular weight is 277 g/mol. The maximum atomic E-state index is 5.82. The second kappa shape index (κ2) is 7.04. The van der Waals surface area contributed by atoms with E-state index in [9.17, 15) is 0 Å². The maximum Gasteiger partial charge on any atom is 0.0726 e. The van der Waals surface area contributed by atoms with Gasteiger partial charge >= 0.3 is 0 Å². The van der Waals surface area contributed by atoms with Crippen LogP contribution in [0.15, 0.2) is 18.5 Å². The first-order chi connectivity index (χ1) is 9.56. The van der Waals surface area contributed by atoms with Gasteiger partial charge in [-0.15, -0.1) is 0 Å². The minimum atomic E-state index is 0.281. The van der Waals surface area contributed by atoms with Crippen molar-refractivity contribution in [1.82, 2.24) is 10.3 Å². The summed E-state index contributed by atoms with van der Waals surface area (Å²) in [6.45, 7) is 12.5. The van der Waals surface area contributed by atoms with E-state index < -0.39 is 0 Å². The van der Waals surface area contributed by atoms with Crippen molar-refractivity contribution in [2.24, 2.45) is 5.92 Å². The van der Waals surface area contributed by atoms with Crippen molar-refractivity contribution in [1.29, 1.82) is 0 Å². The van der Waals surface area contributed by atoms with E-state index in [1.54, 1.807) is 0 Å². The molecular weight excluding hydrogens is 250 g/mol. The summed E-state index contributed by atoms with van der Waals surface area (Å²) in [5, 5.41) is 3.51. The predicted octanol–water partition coefficient (Wildman–Crippen LogP) is 2.44. The molecule has 2 atom stereocenters. The van der Waals surface area contributed by atoms with Gasteiger partial charge in [0.25, 0.3) is 0 Å². The van der Waals surface area contributed by atoms with Crippen LogP contribution in [0.4, 0.5) is 5.69 Å². The largest absolute Gasteiger partial charge is 0.372 e. The Morgan fingerprint density at radius 2 is 2.05 bits per heavy atom. The molecule has 1 saturated heterocycles. The molecule has 112 valence electrons. The van der Waals surface area contributed by atoms with E-state index in [1.165, 1.54) is 11.3 Å². The maximum absolute atomic E-state index is 5.82. The molecule has 0 unspecified atom stereocenters. The number of nitrogens with zero attached hydrogens (tertiary/aromatic N) is 2. The van der Waals surface area contributed by atoms with Crippen LogP contribution in [-0.2, 0) is 11.3 Å². The van der Waals surface area contributed by atoms with E-state index in [2.05, 4.69) is 49.0 Å². The molecular formula is C16H27N3O. The molecule has 20 heavy (non-hydrogen) atoms. The lowest BCUT2D eigenvalue weighted by molar-refractivity contribution is -0.00527. The summed E-state index contributed by atoms with van der Waals surface area (Å²) in [6.07, 6.45) is 4.42. The fourth-order valence-electron chi connectivity index (χ4n) is 2.73. The van der Waals surface area contributed by atoms with Crippen LogP contribution in [0, 0.1) is 5.92 Å². The van der Waals surface area contributed by atoms with Crippen LogP contribution in [0.2, 0.25) is 0 Å². The van der Waals surface area contributed by atoms with E-state index in [0.717, 1.165) is 26.2 Å². The Kier molecular flexibility index (Phi) is 5.38. The molecule has 0 saturated carbocycles. The van der Waals surface area contributed by atoms with Gasteiger partial charge in [0.05, 0.1) is 12.2 Å². The van der Waals surface area contributed by atoms with Crippen molar-refractivity contribution >= 4 is 5.69 Å². The van der Waals surface area contributed by atoms with Crippen molar-refractivity contribution in [2.45, 2.75) is 46.4 Å². The van der Waals surface area contributed by atoms with E-state index in [1.807, 2.05) is 12.4 Å². The molecule has 1 fully saturated rings. The number of pyridine rings is 1. The lowest BCUT2D eigenvalue weighted by Crippen LogP contribution is -2.46. The molecule has 0 aromatic carbocycles. The highest BCUT2D eigenvalue weighted by atomic mass is 16.5. The zero-order valence-electron chi connectivity index (χ0n) is 13.1. The van der Waals surface area contributed by atoms with Gasteiger partial charge in [0.1, 0.15) is 0 Å². The smallest absolute Gasteiger partial charge is 0.0726 e. The first-order valence-electron chi connectivity index (χ1n) is 7.60. The highest BCUT2D eigenvalue weighted by Crippen LogP contribution is 2.23. The van der Waals surface area contributed by atoms with Crippen LogP contribution in [-0.4, -0.2) is 36.8 Å². The first kappa shape index (κ1) is 15.3. The summed E-state index contributed by atoms with van der Waals surface area (Å²) in [5.41, 5.74) is 2.56. The summed E-state index contributed by atoms with van der Waals surface area (Å²) in [6, 6.07) is 2.12. The summed E-state index contributed by atoms with van der Waals surface area (Å²) in [5.74, 6) is 0.665. The molecule has 0 aliphatic carbocycles. The molecule has 1 aliphatic rings. The van der Waals surface area contributed by atoms with Gasteiger partial charge in [-0.3, -0.25) is 4.98 Å². The second-order valence-corrected chi connectivity index (χ2v) is 6.19. The molecule has 1 aromatic heterocycles. The average Bonchev–Trinajstić information content (AvgIpc) is 2.37. The number of hydrogen-bond acceptors (Lipinski definition) is 4. The number of nitrogens with one attached hydrogen (secondary N) is 1. The Bertz CT molecular complexity index is 412. The van der Waals surface area contributed by atoms with Crippen molar-refractivity contribution < 1.29 is 4.74 Å². The molecule has 1 N–H and O–H groups in total. The van der Waals surface area contributed by atoms with Crippen molar-refractivity contribution in [2.75, 3.05) is 24.5 Å². The molecule has 0 radical (unpaired) electrons. The van der Waals surface area contributed by atoms with E-state index in [-0.39, 0.29) is 12.2 Å². The van der Waals surface area contributed by atoms with E-state index in [0.29, 0.717) is 5.92 Å². The fraction of sp³-hybridized carbons (Fsp3) is 0.688. The lowest BCUT2D eigenvalue weighted by Gasteiger charge is -2.37. The van der Waals surface area contributed by atoms with Gasteiger partial charge in [-0.2, -0.15) is 0 Å². The molecule has 1 aromatic rings. The third kappa shape index (κ3) is 4.18. The topological polar surface area (TPSA) is 37.4 Å². The van der Waals surface area contributed by atoms with Crippen molar-refractivity contribution in [3.63, 3.8) is 0 Å². The Balaban J connectivity index is 2.06. The number of hydrogen-bond donors (Lipinski definition) is 1. The number of morpholine rings is 1. The van der Waals surface area contributed by atoms with Crippen molar-refractivity contribution in [3.05, 3.63) is 24.0 Å². The minimum absolute atomic E-state index is 0.281. The molecule has 0 bridgehead atoms. The summed E-state index contributed by atoms with van der Waals surface area (Å²) >= 11 is 0. The van der Waals surface area contributed by atoms with Crippen LogP contribution in [0.1, 0.15) is 33.3 Å². The third-order valence-electron chi connectivity index (χ3n) is 3.51. The highest BCUT2D eigenvalue weighted by molar-refractivity contribution is 5.52. The summed E-state index contributed by atoms with van der Waals surface area (Å²) in [4.78, 5) is 6.70. The summed E-state index contributed by atoms with van der Waals surface area (Å²) < 4.78 is 5.82. The Labute approximate surface area is 122 Å². The van der Waals surface area contributed by atoms with Crippen LogP contribution in [0.5, 0.6) is 0 Å². The molecule has 1 aliphatic heterocycles. The van der Waals surface area contributed by atoms with E-state index in [4.69, 9.17) is 4.74 Å². The zero-order valence-corrected chi connectivity index (χ0v) is 13.1. The zero-order chi connectivity index (χ0) is 14.5. The van der Waals surface area contributed by atoms with Gasteiger partial charge in [-0.05, 0) is 32.4 Å². The van der Waals surface area contributed by atoms with Crippen LogP contribution < -0.4 is 10.2 Å². The van der Waals surface area contributed by atoms with Gasteiger partial charge in [0, 0.05) is 43.3 Å². The van der Waals surface area contributed by atoms with Crippen LogP contribution in [0.25, 0.3) is 0 Å². The molecule has 2 heterocycles. The predicted molar refractivity (Wildman–Crippen MR) is 83.0 cm³/mol. The summed E-state index contributed by atoms with van der Waals surface area (Å²) in [7, 11) is 0. The number of aromatic nitrogens is 1. The standard InChI is InChI=1S/C16H27N3O/c1-12(2)7-18-9-15-8-17-6-5-16(15)19-10-13(3)20-14(4)11-19/h5-6,8,12-14,18H,7,9-11H2,1-4H3/t13-,14+. The van der Waals surface area contributed by atoms with Crippen molar-refractivity contribution in [3.8, 4) is 0 Å². The monoisotopic (exact) mass is 277 g/mol. The molecule has 2 rings (SSSR count). The van der Waals surface area contributed by atoms with Gasteiger partial charge in [-0.1, -0.05) is 13.8 Å². The van der Waals surface area contributed by atoms with Gasteiger partial charge in [-0.25, -0.2) is 0 Å². The molecule has 4 nitrogen and oxygen atoms in total. The van der Waals surface area contributed by atoms with Crippen LogP contribution >= 0.6 is 0 Å². The van der Waals surface area contributed by atoms with Gasteiger partial charge < -0.3 is 15.0 Å². The van der Waals surface area contributed by atoms with Gasteiger partial charge in [0.15, 0.2) is 0 Å². The first-order valence-corrected chi connectivity index (χ1v) is 7.60. The molecule has 0 amide bonds. The normalized spacial score (nSPS) is 23.4. The Hall–Kier alpha value is -1.13. The van der Waals surface area contributed by atoms with E-state index >= 15 is 0 Å². The minimum Gasteiger partial charge on any atom is -0.372 e. The second-order valence-electron chi connectivity index (χ2n) is 6.19. The van der Waals surface area contributed by atoms with Crippen LogP contribution in [0.3, 0.4) is 0 Å². The molecule has 0 spiro atoms. The highest BCUT2D eigenvalue weighted by Gasteiger charge is 2.23. The van der Waals surface area contributed by atoms with Gasteiger partial charge in [0.2, 0.25) is 0 Å². The molecule has 4 heteroatoms. The lowest BCUT2D eigenvalue weighted by atomic mass is 10.1. The SMILES string of the molecule is CC(C)CNCc1cnccc1N1C[C@@H](C)O[C@@H](C)C1. The number of ether oxygens (including phenoxy) is 1. The number of anilines is 1. The Morgan fingerprint density at radius 1 is 1.35 bits per heavy atom. The fourth-order valence-corrected chi connectivity index (χ4v) is 2.73. The quantitative estimate of drug-likeness (QED) is 0.897. The number of rotatable bonds is 5. The Morgan fingerprint density at radius 3 is 2.70 bits per heavy atom. The third-order valence-corrected chi connectivity index (χ3v) is 3.51.